The molecule has 15 heteroatoms. The third kappa shape index (κ3) is 8.45. The molecular weight excluding hydrogens is 586 g/mol. The standard InChI is InChI=1S/C27H36N4O9P2/c1-5-30(6-2)16-19(4)31(24-13-14-28-23-15-18(3)7-12-22(23)24)27(33)40-17-20-8-10-21(11-9-20)25(32)29-26(41(34,35)36)42(37,38)39/h7-15,19,26H,5-6,16-17H2,1-4H3,(H,29,32)(H2,34,35,36)(H2,37,38,39). The number of fused-ring (bicyclic) bond motifs is 1. The Hall–Kier alpha value is -3.15. The number of carbonyl (C=O) groups excluding carboxylic acids is 2. The predicted molar refractivity (Wildman–Crippen MR) is 158 cm³/mol. The summed E-state index contributed by atoms with van der Waals surface area (Å²) in [5, 5.41) is 2.50. The molecule has 5 N–H and O–H groups in total. The lowest BCUT2D eigenvalue weighted by atomic mass is 10.1. The third-order valence-electron chi connectivity index (χ3n) is 6.66. The Labute approximate surface area is 243 Å². The number of nitrogens with zero attached hydrogens (tertiary/aromatic N) is 3. The lowest BCUT2D eigenvalue weighted by Gasteiger charge is -2.32. The number of nitrogens with one attached hydrogen (secondary N) is 1. The molecule has 0 aliphatic heterocycles. The van der Waals surface area contributed by atoms with Crippen LogP contribution in [0.2, 0.25) is 0 Å². The van der Waals surface area contributed by atoms with Crippen molar-refractivity contribution in [2.45, 2.75) is 45.9 Å². The highest BCUT2D eigenvalue weighted by atomic mass is 31.2. The number of hydrogen-bond acceptors (Lipinski definition) is 7. The van der Waals surface area contributed by atoms with Gasteiger partial charge in [0, 0.05) is 23.7 Å². The van der Waals surface area contributed by atoms with Crippen LogP contribution in [0, 0.1) is 6.92 Å². The molecule has 0 saturated carbocycles. The minimum Gasteiger partial charge on any atom is -0.444 e. The average molecular weight is 623 g/mol. The van der Waals surface area contributed by atoms with Gasteiger partial charge in [-0.2, -0.15) is 0 Å². The number of aromatic nitrogens is 1. The Morgan fingerprint density at radius 1 is 0.976 bits per heavy atom. The van der Waals surface area contributed by atoms with Crippen LogP contribution in [0.25, 0.3) is 10.9 Å². The van der Waals surface area contributed by atoms with Gasteiger partial charge in [-0.05, 0) is 62.3 Å². The highest BCUT2D eigenvalue weighted by Crippen LogP contribution is 2.58. The summed E-state index contributed by atoms with van der Waals surface area (Å²) in [5.41, 5.74) is 0.164. The smallest absolute Gasteiger partial charge is 0.414 e. The highest BCUT2D eigenvalue weighted by Gasteiger charge is 2.44. The maximum absolute atomic E-state index is 13.6. The molecule has 0 spiro atoms. The minimum absolute atomic E-state index is 0.106. The van der Waals surface area contributed by atoms with Crippen LogP contribution in [0.4, 0.5) is 10.5 Å². The summed E-state index contributed by atoms with van der Waals surface area (Å²) in [4.78, 5) is 71.2. The number of hydrogen-bond donors (Lipinski definition) is 5. The van der Waals surface area contributed by atoms with Gasteiger partial charge in [0.2, 0.25) is 5.52 Å². The summed E-state index contributed by atoms with van der Waals surface area (Å²) >= 11 is 0. The van der Waals surface area contributed by atoms with Gasteiger partial charge >= 0.3 is 21.3 Å². The molecule has 0 radical (unpaired) electrons. The molecule has 0 bridgehead atoms. The van der Waals surface area contributed by atoms with E-state index in [0.29, 0.717) is 17.8 Å². The van der Waals surface area contributed by atoms with Gasteiger partial charge in [-0.1, -0.05) is 38.1 Å². The third-order valence-corrected chi connectivity index (χ3v) is 10.0. The molecule has 1 heterocycles. The minimum atomic E-state index is -5.34. The quantitative estimate of drug-likeness (QED) is 0.185. The van der Waals surface area contributed by atoms with Crippen LogP contribution in [0.5, 0.6) is 0 Å². The SMILES string of the molecule is CCN(CC)CC(C)N(C(=O)OCc1ccc(C(=O)NC(P(=O)(O)O)P(=O)(O)O)cc1)c1ccnc2cc(C)ccc12. The zero-order valence-corrected chi connectivity index (χ0v) is 25.5. The van der Waals surface area contributed by atoms with Gasteiger partial charge in [-0.3, -0.25) is 23.8 Å². The van der Waals surface area contributed by atoms with E-state index in [-0.39, 0.29) is 18.2 Å². The zero-order valence-electron chi connectivity index (χ0n) is 23.7. The second-order valence-electron chi connectivity index (χ2n) is 9.83. The van der Waals surface area contributed by atoms with E-state index in [1.165, 1.54) is 24.3 Å². The summed E-state index contributed by atoms with van der Waals surface area (Å²) in [6, 6.07) is 12.8. The van der Waals surface area contributed by atoms with Crippen molar-refractivity contribution in [2.24, 2.45) is 0 Å². The number of pyridine rings is 1. The Balaban J connectivity index is 1.80. The van der Waals surface area contributed by atoms with E-state index in [0.717, 1.165) is 29.6 Å². The lowest BCUT2D eigenvalue weighted by molar-refractivity contribution is 0.0947. The fraction of sp³-hybridized carbons (Fsp3) is 0.370. The summed E-state index contributed by atoms with van der Waals surface area (Å²) < 4.78 is 28.6. The molecule has 2 amide bonds. The molecule has 0 fully saturated rings. The monoisotopic (exact) mass is 622 g/mol. The van der Waals surface area contributed by atoms with Gasteiger partial charge in [0.1, 0.15) is 6.61 Å². The fourth-order valence-corrected chi connectivity index (χ4v) is 6.58. The van der Waals surface area contributed by atoms with Gasteiger partial charge in [0.05, 0.1) is 17.2 Å². The number of aryl methyl sites for hydroxylation is 1. The van der Waals surface area contributed by atoms with E-state index in [9.17, 15) is 38.3 Å². The summed E-state index contributed by atoms with van der Waals surface area (Å²) in [6.07, 6.45) is 1.06. The summed E-state index contributed by atoms with van der Waals surface area (Å²) in [5.74, 6) is -1.09. The van der Waals surface area contributed by atoms with Crippen molar-refractivity contribution in [2.75, 3.05) is 24.5 Å². The zero-order chi connectivity index (χ0) is 31.2. The number of benzene rings is 2. The van der Waals surface area contributed by atoms with Crippen LogP contribution < -0.4 is 10.2 Å². The summed E-state index contributed by atoms with van der Waals surface area (Å²) in [6.45, 7) is 10.1. The summed E-state index contributed by atoms with van der Waals surface area (Å²) in [7, 11) is -10.7. The first-order valence-electron chi connectivity index (χ1n) is 13.2. The molecule has 1 atom stereocenters. The number of rotatable bonds is 12. The van der Waals surface area contributed by atoms with Gasteiger partial charge < -0.3 is 34.5 Å². The van der Waals surface area contributed by atoms with Crippen LogP contribution >= 0.6 is 15.2 Å². The number of amides is 2. The Morgan fingerprint density at radius 2 is 1.60 bits per heavy atom. The molecule has 228 valence electrons. The van der Waals surface area contributed by atoms with Gasteiger partial charge in [-0.25, -0.2) is 4.79 Å². The molecule has 42 heavy (non-hydrogen) atoms. The molecule has 0 aliphatic carbocycles. The molecule has 3 aromatic rings. The largest absolute Gasteiger partial charge is 0.444 e. The number of likely N-dealkylation sites (N-methyl/N-ethyl adjacent to an activating group) is 1. The first-order chi connectivity index (χ1) is 19.6. The number of anilines is 1. The lowest BCUT2D eigenvalue weighted by Crippen LogP contribution is -2.46. The Morgan fingerprint density at radius 3 is 2.17 bits per heavy atom. The second-order valence-corrected chi connectivity index (χ2v) is 13.6. The van der Waals surface area contributed by atoms with Crippen molar-refractivity contribution >= 4 is 43.8 Å². The number of ether oxygens (including phenoxy) is 1. The van der Waals surface area contributed by atoms with Crippen molar-refractivity contribution in [3.8, 4) is 0 Å². The molecule has 13 nitrogen and oxygen atoms in total. The van der Waals surface area contributed by atoms with E-state index in [1.807, 2.05) is 45.9 Å². The normalized spacial score (nSPS) is 12.9. The van der Waals surface area contributed by atoms with Crippen LogP contribution in [0.15, 0.2) is 54.7 Å². The molecule has 2 aromatic carbocycles. The van der Waals surface area contributed by atoms with E-state index < -0.39 is 32.7 Å². The Bertz CT molecular complexity index is 1480. The molecule has 0 aliphatic rings. The highest BCUT2D eigenvalue weighted by molar-refractivity contribution is 7.70. The van der Waals surface area contributed by atoms with E-state index in [1.54, 1.807) is 22.5 Å². The van der Waals surface area contributed by atoms with Crippen LogP contribution in [0.1, 0.15) is 42.3 Å². The number of carbonyl (C=O) groups is 2. The van der Waals surface area contributed by atoms with Gasteiger partial charge in [-0.15, -0.1) is 0 Å². The molecule has 1 unspecified atom stereocenters. The second kappa shape index (κ2) is 13.9. The molecule has 0 saturated heterocycles. The van der Waals surface area contributed by atoms with Crippen molar-refractivity contribution in [3.63, 3.8) is 0 Å². The van der Waals surface area contributed by atoms with Crippen molar-refractivity contribution in [1.29, 1.82) is 0 Å². The van der Waals surface area contributed by atoms with Gasteiger partial charge in [0.15, 0.2) is 0 Å². The molecule has 3 rings (SSSR count). The van der Waals surface area contributed by atoms with Gasteiger partial charge in [0.25, 0.3) is 5.91 Å². The molecular formula is C27H36N4O9P2. The van der Waals surface area contributed by atoms with E-state index >= 15 is 0 Å². The topological polar surface area (TPSA) is 190 Å². The van der Waals surface area contributed by atoms with Crippen molar-refractivity contribution < 1.29 is 43.0 Å². The first-order valence-corrected chi connectivity index (χ1v) is 16.6. The Kier molecular flexibility index (Phi) is 11.0. The molecule has 1 aromatic heterocycles. The van der Waals surface area contributed by atoms with Crippen molar-refractivity contribution in [1.82, 2.24) is 15.2 Å². The predicted octanol–water partition coefficient (Wildman–Crippen LogP) is 3.79. The van der Waals surface area contributed by atoms with Crippen LogP contribution in [-0.4, -0.2) is 72.7 Å². The van der Waals surface area contributed by atoms with E-state index in [2.05, 4.69) is 9.88 Å². The maximum Gasteiger partial charge on any atom is 0.414 e. The van der Waals surface area contributed by atoms with Crippen LogP contribution in [0.3, 0.4) is 0 Å². The van der Waals surface area contributed by atoms with Crippen LogP contribution in [-0.2, 0) is 20.5 Å². The average Bonchev–Trinajstić information content (AvgIpc) is 2.92. The van der Waals surface area contributed by atoms with E-state index in [4.69, 9.17) is 4.74 Å². The fourth-order valence-electron chi connectivity index (χ4n) is 4.44. The van der Waals surface area contributed by atoms with Crippen molar-refractivity contribution in [3.05, 3.63) is 71.4 Å². The first kappa shape index (κ1) is 33.4. The maximum atomic E-state index is 13.6.